The third-order valence-electron chi connectivity index (χ3n) is 3.86. The fourth-order valence-electron chi connectivity index (χ4n) is 2.59. The Morgan fingerprint density at radius 1 is 1.17 bits per heavy atom. The van der Waals surface area contributed by atoms with Gasteiger partial charge in [0.1, 0.15) is 6.33 Å². The van der Waals surface area contributed by atoms with Gasteiger partial charge in [-0.15, -0.1) is 0 Å². The van der Waals surface area contributed by atoms with Crippen LogP contribution in [0.2, 0.25) is 0 Å². The standard InChI is InChI=1S/C17H15N5O2/c1-21-14-9-12(7-8-15(14)24-17(21)23)18-10-16-19-11-20-22(16)13-5-3-2-4-6-13/h2-9,11,18H,10H2,1H3. The molecule has 0 atom stereocenters. The number of aryl methyl sites for hydroxylation is 1. The summed E-state index contributed by atoms with van der Waals surface area (Å²) in [6.45, 7) is 0.506. The molecule has 0 saturated carbocycles. The minimum atomic E-state index is -0.369. The Hall–Kier alpha value is -3.35. The molecule has 2 aromatic heterocycles. The van der Waals surface area contributed by atoms with Crippen molar-refractivity contribution in [2.75, 3.05) is 5.32 Å². The van der Waals surface area contributed by atoms with Crippen molar-refractivity contribution in [2.24, 2.45) is 7.05 Å². The second-order valence-electron chi connectivity index (χ2n) is 5.39. The topological polar surface area (TPSA) is 77.9 Å². The fourth-order valence-corrected chi connectivity index (χ4v) is 2.59. The summed E-state index contributed by atoms with van der Waals surface area (Å²) in [5.41, 5.74) is 3.15. The Balaban J connectivity index is 1.59. The molecule has 4 rings (SSSR count). The quantitative estimate of drug-likeness (QED) is 0.624. The van der Waals surface area contributed by atoms with Crippen molar-refractivity contribution in [3.8, 4) is 5.69 Å². The van der Waals surface area contributed by atoms with E-state index in [2.05, 4.69) is 15.4 Å². The molecule has 0 saturated heterocycles. The first-order valence-corrected chi connectivity index (χ1v) is 7.50. The molecule has 7 heteroatoms. The zero-order valence-electron chi connectivity index (χ0n) is 13.0. The molecule has 0 radical (unpaired) electrons. The summed E-state index contributed by atoms with van der Waals surface area (Å²) in [5, 5.41) is 7.58. The summed E-state index contributed by atoms with van der Waals surface area (Å²) in [6, 6.07) is 15.4. The van der Waals surface area contributed by atoms with Gasteiger partial charge in [-0.1, -0.05) is 18.2 Å². The Labute approximate surface area is 137 Å². The van der Waals surface area contributed by atoms with Gasteiger partial charge in [0, 0.05) is 12.7 Å². The van der Waals surface area contributed by atoms with Crippen molar-refractivity contribution in [1.82, 2.24) is 19.3 Å². The van der Waals surface area contributed by atoms with Gasteiger partial charge in [-0.05, 0) is 30.3 Å². The largest absolute Gasteiger partial charge is 0.419 e. The van der Waals surface area contributed by atoms with Gasteiger partial charge in [0.25, 0.3) is 0 Å². The summed E-state index contributed by atoms with van der Waals surface area (Å²) in [5.74, 6) is 0.424. The molecule has 120 valence electrons. The second kappa shape index (κ2) is 5.69. The predicted octanol–water partition coefficient (Wildman–Crippen LogP) is 2.32. The van der Waals surface area contributed by atoms with Crippen molar-refractivity contribution in [2.45, 2.75) is 6.54 Å². The van der Waals surface area contributed by atoms with Crippen LogP contribution in [0.4, 0.5) is 5.69 Å². The number of oxazole rings is 1. The van der Waals surface area contributed by atoms with Crippen LogP contribution in [0.15, 0.2) is 64.1 Å². The van der Waals surface area contributed by atoms with Crippen LogP contribution in [0.25, 0.3) is 16.8 Å². The molecule has 24 heavy (non-hydrogen) atoms. The predicted molar refractivity (Wildman–Crippen MR) is 90.1 cm³/mol. The number of fused-ring (bicyclic) bond motifs is 1. The van der Waals surface area contributed by atoms with Crippen LogP contribution in [0.1, 0.15) is 5.82 Å². The molecule has 0 unspecified atom stereocenters. The van der Waals surface area contributed by atoms with E-state index in [1.807, 2.05) is 42.5 Å². The molecule has 0 spiro atoms. The van der Waals surface area contributed by atoms with Crippen molar-refractivity contribution >= 4 is 16.8 Å². The maximum Gasteiger partial charge on any atom is 0.419 e. The number of hydrogen-bond donors (Lipinski definition) is 1. The molecule has 0 amide bonds. The first-order valence-electron chi connectivity index (χ1n) is 7.50. The lowest BCUT2D eigenvalue weighted by molar-refractivity contribution is 0.528. The van der Waals surface area contributed by atoms with E-state index in [0.29, 0.717) is 12.1 Å². The third kappa shape index (κ3) is 2.45. The molecule has 4 aromatic rings. The summed E-state index contributed by atoms with van der Waals surface area (Å²) in [4.78, 5) is 15.9. The van der Waals surface area contributed by atoms with Crippen molar-refractivity contribution in [3.63, 3.8) is 0 Å². The lowest BCUT2D eigenvalue weighted by Crippen LogP contribution is -2.09. The molecule has 0 aliphatic heterocycles. The van der Waals surface area contributed by atoms with Crippen LogP contribution < -0.4 is 11.1 Å². The fraction of sp³-hybridized carbons (Fsp3) is 0.118. The number of nitrogens with one attached hydrogen (secondary N) is 1. The summed E-state index contributed by atoms with van der Waals surface area (Å²) >= 11 is 0. The number of aromatic nitrogens is 4. The Morgan fingerprint density at radius 2 is 2.00 bits per heavy atom. The van der Waals surface area contributed by atoms with Gasteiger partial charge in [-0.2, -0.15) is 5.10 Å². The van der Waals surface area contributed by atoms with E-state index in [9.17, 15) is 4.79 Å². The Morgan fingerprint density at radius 3 is 2.83 bits per heavy atom. The van der Waals surface area contributed by atoms with E-state index in [1.54, 1.807) is 17.8 Å². The number of hydrogen-bond acceptors (Lipinski definition) is 5. The SMILES string of the molecule is Cn1c(=O)oc2ccc(NCc3ncnn3-c3ccccc3)cc21. The Bertz CT molecular complexity index is 1050. The van der Waals surface area contributed by atoms with Crippen molar-refractivity contribution in [3.05, 3.63) is 71.2 Å². The van der Waals surface area contributed by atoms with Crippen molar-refractivity contribution < 1.29 is 4.42 Å². The highest BCUT2D eigenvalue weighted by Crippen LogP contribution is 2.18. The Kier molecular flexibility index (Phi) is 3.38. The molecule has 2 heterocycles. The molecular formula is C17H15N5O2. The maximum atomic E-state index is 11.6. The number of rotatable bonds is 4. The van der Waals surface area contributed by atoms with Gasteiger partial charge in [-0.25, -0.2) is 14.5 Å². The van der Waals surface area contributed by atoms with Gasteiger partial charge < -0.3 is 9.73 Å². The average molecular weight is 321 g/mol. The number of anilines is 1. The summed E-state index contributed by atoms with van der Waals surface area (Å²) in [6.07, 6.45) is 1.53. The average Bonchev–Trinajstić information content (AvgIpc) is 3.19. The van der Waals surface area contributed by atoms with E-state index in [4.69, 9.17) is 4.42 Å². The highest BCUT2D eigenvalue weighted by molar-refractivity contribution is 5.77. The smallest absolute Gasteiger partial charge is 0.408 e. The molecule has 0 bridgehead atoms. The minimum absolute atomic E-state index is 0.369. The van der Waals surface area contributed by atoms with Crippen LogP contribution in [-0.4, -0.2) is 19.3 Å². The molecule has 7 nitrogen and oxygen atoms in total. The lowest BCUT2D eigenvalue weighted by atomic mass is 10.3. The van der Waals surface area contributed by atoms with E-state index in [0.717, 1.165) is 22.7 Å². The molecule has 0 aliphatic carbocycles. The third-order valence-corrected chi connectivity index (χ3v) is 3.86. The summed E-state index contributed by atoms with van der Waals surface area (Å²) in [7, 11) is 1.68. The molecule has 1 N–H and O–H groups in total. The van der Waals surface area contributed by atoms with Gasteiger partial charge >= 0.3 is 5.76 Å². The molecular weight excluding hydrogens is 306 g/mol. The van der Waals surface area contributed by atoms with Gasteiger partial charge in [-0.3, -0.25) is 4.57 Å². The number of para-hydroxylation sites is 1. The molecule has 2 aromatic carbocycles. The van der Waals surface area contributed by atoms with E-state index in [1.165, 1.54) is 10.9 Å². The lowest BCUT2D eigenvalue weighted by Gasteiger charge is -2.08. The highest BCUT2D eigenvalue weighted by Gasteiger charge is 2.08. The zero-order valence-corrected chi connectivity index (χ0v) is 13.0. The first kappa shape index (κ1) is 14.3. The van der Waals surface area contributed by atoms with Gasteiger partial charge in [0.15, 0.2) is 11.4 Å². The van der Waals surface area contributed by atoms with Crippen LogP contribution in [0.3, 0.4) is 0 Å². The van der Waals surface area contributed by atoms with Crippen LogP contribution >= 0.6 is 0 Å². The van der Waals surface area contributed by atoms with Crippen LogP contribution in [0, 0.1) is 0 Å². The van der Waals surface area contributed by atoms with Gasteiger partial charge in [0.2, 0.25) is 0 Å². The van der Waals surface area contributed by atoms with Crippen molar-refractivity contribution in [1.29, 1.82) is 0 Å². The maximum absolute atomic E-state index is 11.6. The number of benzene rings is 2. The van der Waals surface area contributed by atoms with E-state index >= 15 is 0 Å². The first-order chi connectivity index (χ1) is 11.7. The minimum Gasteiger partial charge on any atom is -0.408 e. The van der Waals surface area contributed by atoms with Crippen LogP contribution in [0.5, 0.6) is 0 Å². The summed E-state index contributed by atoms with van der Waals surface area (Å²) < 4.78 is 8.40. The van der Waals surface area contributed by atoms with E-state index < -0.39 is 0 Å². The van der Waals surface area contributed by atoms with Gasteiger partial charge in [0.05, 0.1) is 17.7 Å². The molecule has 0 fully saturated rings. The second-order valence-corrected chi connectivity index (χ2v) is 5.39. The zero-order chi connectivity index (χ0) is 16.5. The number of nitrogens with zero attached hydrogens (tertiary/aromatic N) is 4. The highest BCUT2D eigenvalue weighted by atomic mass is 16.4. The van der Waals surface area contributed by atoms with Crippen LogP contribution in [-0.2, 0) is 13.6 Å². The normalized spacial score (nSPS) is 11.0. The van der Waals surface area contributed by atoms with E-state index in [-0.39, 0.29) is 5.76 Å². The molecule has 0 aliphatic rings. The monoisotopic (exact) mass is 321 g/mol.